The third-order valence-electron chi connectivity index (χ3n) is 1.91. The number of anilines is 1. The van der Waals surface area contributed by atoms with Gasteiger partial charge in [0.05, 0.1) is 5.69 Å². The lowest BCUT2D eigenvalue weighted by Crippen LogP contribution is -2.13. The van der Waals surface area contributed by atoms with Crippen molar-refractivity contribution in [2.24, 2.45) is 5.84 Å². The van der Waals surface area contributed by atoms with Gasteiger partial charge in [0, 0.05) is 5.56 Å². The molecule has 0 bridgehead atoms. The summed E-state index contributed by atoms with van der Waals surface area (Å²) in [5.74, 6) is 3.75. The van der Waals surface area contributed by atoms with Gasteiger partial charge in [-0.25, -0.2) is 4.79 Å². The van der Waals surface area contributed by atoms with Crippen molar-refractivity contribution in [3.63, 3.8) is 0 Å². The van der Waals surface area contributed by atoms with Crippen LogP contribution < -0.4 is 11.3 Å². The molecule has 0 aliphatic rings. The number of benzene rings is 1. The third-order valence-corrected chi connectivity index (χ3v) is 1.91. The SMILES string of the molecule is NNc1ccc(C(O)C(=O)O)cc1C=O. The van der Waals surface area contributed by atoms with Crippen LogP contribution in [0.5, 0.6) is 0 Å². The van der Waals surface area contributed by atoms with Crippen molar-refractivity contribution in [2.75, 3.05) is 5.43 Å². The van der Waals surface area contributed by atoms with E-state index in [1.54, 1.807) is 0 Å². The minimum Gasteiger partial charge on any atom is -0.479 e. The van der Waals surface area contributed by atoms with Crippen LogP contribution in [0.3, 0.4) is 0 Å². The number of nitrogens with one attached hydrogen (secondary N) is 1. The molecule has 1 atom stereocenters. The van der Waals surface area contributed by atoms with Crippen LogP contribution in [0.25, 0.3) is 0 Å². The summed E-state index contributed by atoms with van der Waals surface area (Å²) in [6.45, 7) is 0. The first-order chi connectivity index (χ1) is 7.10. The lowest BCUT2D eigenvalue weighted by Gasteiger charge is -2.09. The van der Waals surface area contributed by atoms with Crippen LogP contribution in [0.1, 0.15) is 22.0 Å². The summed E-state index contributed by atoms with van der Waals surface area (Å²) in [5, 5.41) is 17.8. The monoisotopic (exact) mass is 210 g/mol. The number of hydrazine groups is 1. The van der Waals surface area contributed by atoms with Gasteiger partial charge < -0.3 is 15.6 Å². The van der Waals surface area contributed by atoms with Gasteiger partial charge in [-0.2, -0.15) is 0 Å². The largest absolute Gasteiger partial charge is 0.479 e. The molecule has 1 rings (SSSR count). The van der Waals surface area contributed by atoms with Crippen LogP contribution >= 0.6 is 0 Å². The Balaban J connectivity index is 3.13. The Kier molecular flexibility index (Phi) is 3.37. The van der Waals surface area contributed by atoms with Gasteiger partial charge in [0.15, 0.2) is 12.4 Å². The summed E-state index contributed by atoms with van der Waals surface area (Å²) in [6.07, 6.45) is -1.12. The van der Waals surface area contributed by atoms with Crippen LogP contribution in [-0.4, -0.2) is 22.5 Å². The summed E-state index contributed by atoms with van der Waals surface area (Å²) in [5.41, 5.74) is 2.97. The third kappa shape index (κ3) is 2.30. The van der Waals surface area contributed by atoms with Gasteiger partial charge in [-0.1, -0.05) is 6.07 Å². The van der Waals surface area contributed by atoms with E-state index in [1.807, 2.05) is 0 Å². The van der Waals surface area contributed by atoms with E-state index in [4.69, 9.17) is 10.9 Å². The molecule has 15 heavy (non-hydrogen) atoms. The molecule has 0 saturated heterocycles. The standard InChI is InChI=1S/C9H10N2O4/c10-11-7-2-1-5(3-6(7)4-12)8(13)9(14)15/h1-4,8,11,13H,10H2,(H,14,15). The number of carbonyl (C=O) groups excluding carboxylic acids is 1. The predicted octanol–water partition coefficient (Wildman–Crippen LogP) is -0.0973. The summed E-state index contributed by atoms with van der Waals surface area (Å²) in [4.78, 5) is 21.1. The van der Waals surface area contributed by atoms with E-state index >= 15 is 0 Å². The molecule has 0 spiro atoms. The van der Waals surface area contributed by atoms with Crippen LogP contribution in [0.15, 0.2) is 18.2 Å². The lowest BCUT2D eigenvalue weighted by atomic mass is 10.1. The minimum absolute atomic E-state index is 0.128. The maximum Gasteiger partial charge on any atom is 0.337 e. The summed E-state index contributed by atoms with van der Waals surface area (Å²) < 4.78 is 0. The number of aliphatic hydroxyl groups excluding tert-OH is 1. The fraction of sp³-hybridized carbons (Fsp3) is 0.111. The molecule has 1 aromatic carbocycles. The highest BCUT2D eigenvalue weighted by Gasteiger charge is 2.16. The minimum atomic E-state index is -1.64. The van der Waals surface area contributed by atoms with Gasteiger partial charge in [-0.05, 0) is 17.7 Å². The highest BCUT2D eigenvalue weighted by atomic mass is 16.4. The van der Waals surface area contributed by atoms with Crippen molar-refractivity contribution in [1.82, 2.24) is 0 Å². The highest BCUT2D eigenvalue weighted by molar-refractivity contribution is 5.85. The van der Waals surface area contributed by atoms with Crippen molar-refractivity contribution in [3.05, 3.63) is 29.3 Å². The fourth-order valence-electron chi connectivity index (χ4n) is 1.12. The van der Waals surface area contributed by atoms with E-state index in [0.29, 0.717) is 12.0 Å². The number of carbonyl (C=O) groups is 2. The number of rotatable bonds is 4. The van der Waals surface area contributed by atoms with Crippen molar-refractivity contribution >= 4 is 17.9 Å². The summed E-state index contributed by atoms with van der Waals surface area (Å²) >= 11 is 0. The van der Waals surface area contributed by atoms with Crippen molar-refractivity contribution in [3.8, 4) is 0 Å². The first-order valence-electron chi connectivity index (χ1n) is 4.06. The number of hydrogen-bond donors (Lipinski definition) is 4. The predicted molar refractivity (Wildman–Crippen MR) is 52.2 cm³/mol. The molecule has 5 N–H and O–H groups in total. The molecule has 0 aliphatic carbocycles. The van der Waals surface area contributed by atoms with E-state index in [2.05, 4.69) is 5.43 Å². The van der Waals surface area contributed by atoms with Crippen LogP contribution in [0, 0.1) is 0 Å². The Morgan fingerprint density at radius 3 is 2.67 bits per heavy atom. The molecular weight excluding hydrogens is 200 g/mol. The van der Waals surface area contributed by atoms with E-state index in [0.717, 1.165) is 0 Å². The van der Waals surface area contributed by atoms with E-state index in [1.165, 1.54) is 18.2 Å². The topological polar surface area (TPSA) is 113 Å². The molecule has 0 aromatic heterocycles. The normalized spacial score (nSPS) is 11.9. The maximum atomic E-state index is 10.6. The van der Waals surface area contributed by atoms with Gasteiger partial charge in [0.25, 0.3) is 0 Å². The molecule has 0 radical (unpaired) electrons. The van der Waals surface area contributed by atoms with Gasteiger partial charge >= 0.3 is 5.97 Å². The van der Waals surface area contributed by atoms with Gasteiger partial charge in [-0.15, -0.1) is 0 Å². The molecule has 80 valence electrons. The average Bonchev–Trinajstić information content (AvgIpc) is 2.26. The van der Waals surface area contributed by atoms with E-state index in [9.17, 15) is 14.7 Å². The van der Waals surface area contributed by atoms with E-state index in [-0.39, 0.29) is 11.1 Å². The Hall–Kier alpha value is -1.92. The molecule has 1 aromatic rings. The maximum absolute atomic E-state index is 10.6. The molecule has 6 heteroatoms. The molecule has 0 aliphatic heterocycles. The Labute approximate surface area is 85.3 Å². The second-order valence-electron chi connectivity index (χ2n) is 2.85. The first kappa shape index (κ1) is 11.2. The smallest absolute Gasteiger partial charge is 0.337 e. The number of aldehydes is 1. The number of nitrogens with two attached hydrogens (primary N) is 1. The van der Waals surface area contributed by atoms with E-state index < -0.39 is 12.1 Å². The number of nitrogen functional groups attached to an aromatic ring is 1. The second kappa shape index (κ2) is 4.54. The molecule has 1 unspecified atom stereocenters. The van der Waals surface area contributed by atoms with Crippen LogP contribution in [0.4, 0.5) is 5.69 Å². The van der Waals surface area contributed by atoms with Crippen molar-refractivity contribution in [2.45, 2.75) is 6.10 Å². The number of aliphatic carboxylic acids is 1. The zero-order valence-electron chi connectivity index (χ0n) is 7.68. The Morgan fingerprint density at radius 1 is 1.53 bits per heavy atom. The number of carboxylic acid groups (broad SMARTS) is 1. The molecule has 0 amide bonds. The quantitative estimate of drug-likeness (QED) is 0.313. The number of aliphatic hydroxyl groups is 1. The summed E-state index contributed by atoms with van der Waals surface area (Å²) in [6, 6.07) is 4.06. The first-order valence-corrected chi connectivity index (χ1v) is 4.06. The zero-order chi connectivity index (χ0) is 11.4. The highest BCUT2D eigenvalue weighted by Crippen LogP contribution is 2.19. The average molecular weight is 210 g/mol. The van der Waals surface area contributed by atoms with Crippen molar-refractivity contribution in [1.29, 1.82) is 0 Å². The molecule has 0 saturated carbocycles. The molecule has 0 fully saturated rings. The Bertz CT molecular complexity index is 392. The van der Waals surface area contributed by atoms with Crippen molar-refractivity contribution < 1.29 is 19.8 Å². The molecule has 6 nitrogen and oxygen atoms in total. The lowest BCUT2D eigenvalue weighted by molar-refractivity contribution is -0.146. The number of carboxylic acids is 1. The van der Waals surface area contributed by atoms with Gasteiger partial charge in [0.2, 0.25) is 0 Å². The zero-order valence-corrected chi connectivity index (χ0v) is 7.68. The summed E-state index contributed by atoms with van der Waals surface area (Å²) in [7, 11) is 0. The number of hydrogen-bond acceptors (Lipinski definition) is 5. The molecule has 0 heterocycles. The molecular formula is C9H10N2O4. The van der Waals surface area contributed by atoms with Crippen LogP contribution in [-0.2, 0) is 4.79 Å². The van der Waals surface area contributed by atoms with Crippen LogP contribution in [0.2, 0.25) is 0 Å². The second-order valence-corrected chi connectivity index (χ2v) is 2.85. The Morgan fingerprint density at radius 2 is 2.20 bits per heavy atom. The fourth-order valence-corrected chi connectivity index (χ4v) is 1.12. The van der Waals surface area contributed by atoms with Gasteiger partial charge in [0.1, 0.15) is 0 Å². The van der Waals surface area contributed by atoms with Gasteiger partial charge in [-0.3, -0.25) is 10.6 Å².